The normalized spacial score (nSPS) is 19.8. The van der Waals surface area contributed by atoms with E-state index in [0.717, 1.165) is 13.0 Å². The van der Waals surface area contributed by atoms with Crippen LogP contribution in [0.25, 0.3) is 0 Å². The summed E-state index contributed by atoms with van der Waals surface area (Å²) in [6.07, 6.45) is 1.42. The van der Waals surface area contributed by atoms with Crippen molar-refractivity contribution >= 4 is 11.9 Å². The fraction of sp³-hybridized carbons (Fsp3) is 0.818. The lowest BCUT2D eigenvalue weighted by Gasteiger charge is -2.27. The molecule has 92 valence electrons. The number of amides is 3. The molecule has 0 spiro atoms. The molecule has 1 fully saturated rings. The number of rotatable bonds is 2. The molecule has 0 N–H and O–H groups in total. The highest BCUT2D eigenvalue weighted by Crippen LogP contribution is 2.16. The van der Waals surface area contributed by atoms with Crippen LogP contribution in [0.1, 0.15) is 19.8 Å². The van der Waals surface area contributed by atoms with Gasteiger partial charge in [0.05, 0.1) is 6.04 Å². The van der Waals surface area contributed by atoms with Crippen molar-refractivity contribution in [1.82, 2.24) is 14.7 Å². The van der Waals surface area contributed by atoms with Crippen LogP contribution in [0.2, 0.25) is 0 Å². The van der Waals surface area contributed by atoms with E-state index in [1.807, 2.05) is 11.8 Å². The van der Waals surface area contributed by atoms with Crippen LogP contribution in [0.4, 0.5) is 4.79 Å². The summed E-state index contributed by atoms with van der Waals surface area (Å²) in [7, 11) is 5.28. The predicted molar refractivity (Wildman–Crippen MR) is 62.1 cm³/mol. The molecule has 1 atom stereocenters. The number of carbonyl (C=O) groups excluding carboxylic acids is 2. The van der Waals surface area contributed by atoms with E-state index >= 15 is 0 Å². The maximum Gasteiger partial charge on any atom is 0.319 e. The van der Waals surface area contributed by atoms with Crippen molar-refractivity contribution in [2.75, 3.05) is 34.2 Å². The third kappa shape index (κ3) is 2.65. The summed E-state index contributed by atoms with van der Waals surface area (Å²) >= 11 is 0. The Morgan fingerprint density at radius 1 is 1.31 bits per heavy atom. The van der Waals surface area contributed by atoms with Crippen LogP contribution in [0.3, 0.4) is 0 Å². The van der Waals surface area contributed by atoms with Gasteiger partial charge in [-0.25, -0.2) is 4.79 Å². The van der Waals surface area contributed by atoms with Gasteiger partial charge in [-0.05, 0) is 6.42 Å². The third-order valence-corrected chi connectivity index (χ3v) is 3.05. The van der Waals surface area contributed by atoms with Crippen LogP contribution in [0.5, 0.6) is 0 Å². The van der Waals surface area contributed by atoms with Crippen molar-refractivity contribution in [3.8, 4) is 0 Å². The van der Waals surface area contributed by atoms with E-state index in [-0.39, 0.29) is 18.0 Å². The molecule has 1 unspecified atom stereocenters. The Morgan fingerprint density at radius 3 is 2.44 bits per heavy atom. The molecule has 1 saturated heterocycles. The number of hydrogen-bond acceptors (Lipinski definition) is 2. The minimum Gasteiger partial charge on any atom is -0.341 e. The predicted octanol–water partition coefficient (Wildman–Crippen LogP) is 0.611. The molecule has 16 heavy (non-hydrogen) atoms. The lowest BCUT2D eigenvalue weighted by Crippen LogP contribution is -2.44. The zero-order chi connectivity index (χ0) is 12.3. The molecule has 1 heterocycles. The van der Waals surface area contributed by atoms with Crippen molar-refractivity contribution < 1.29 is 9.59 Å². The van der Waals surface area contributed by atoms with E-state index in [1.165, 1.54) is 0 Å². The SMILES string of the molecule is CCC(=O)N1CCC(N(C)C(=O)N(C)C)C1. The van der Waals surface area contributed by atoms with Gasteiger partial charge in [-0.2, -0.15) is 0 Å². The molecule has 3 amide bonds. The van der Waals surface area contributed by atoms with Crippen molar-refractivity contribution in [2.45, 2.75) is 25.8 Å². The van der Waals surface area contributed by atoms with Crippen LogP contribution in [-0.2, 0) is 4.79 Å². The fourth-order valence-electron chi connectivity index (χ4n) is 1.98. The number of likely N-dealkylation sites (tertiary alicyclic amines) is 1. The molecule has 5 nitrogen and oxygen atoms in total. The Balaban J connectivity index is 2.53. The van der Waals surface area contributed by atoms with Crippen LogP contribution < -0.4 is 0 Å². The minimum atomic E-state index is -0.00389. The quantitative estimate of drug-likeness (QED) is 0.694. The third-order valence-electron chi connectivity index (χ3n) is 3.05. The maximum atomic E-state index is 11.7. The van der Waals surface area contributed by atoms with E-state index in [2.05, 4.69) is 0 Å². The highest BCUT2D eigenvalue weighted by Gasteiger charge is 2.30. The van der Waals surface area contributed by atoms with Gasteiger partial charge in [0.2, 0.25) is 5.91 Å². The summed E-state index contributed by atoms with van der Waals surface area (Å²) < 4.78 is 0. The smallest absolute Gasteiger partial charge is 0.319 e. The van der Waals surface area contributed by atoms with Gasteiger partial charge < -0.3 is 14.7 Å². The van der Waals surface area contributed by atoms with Crippen LogP contribution >= 0.6 is 0 Å². The molecule has 0 saturated carbocycles. The Bertz CT molecular complexity index is 278. The van der Waals surface area contributed by atoms with E-state index in [0.29, 0.717) is 13.0 Å². The molecule has 5 heteroatoms. The molecule has 1 aliphatic rings. The highest BCUT2D eigenvalue weighted by atomic mass is 16.2. The van der Waals surface area contributed by atoms with Gasteiger partial charge in [-0.1, -0.05) is 6.92 Å². The summed E-state index contributed by atoms with van der Waals surface area (Å²) in [6, 6.07) is 0.154. The molecule has 0 aromatic carbocycles. The summed E-state index contributed by atoms with van der Waals surface area (Å²) in [5.41, 5.74) is 0. The van der Waals surface area contributed by atoms with Crippen molar-refractivity contribution in [3.63, 3.8) is 0 Å². The lowest BCUT2D eigenvalue weighted by molar-refractivity contribution is -0.129. The standard InChI is InChI=1S/C11H21N3O2/c1-5-10(15)14-7-6-9(8-14)13(4)11(16)12(2)3/h9H,5-8H2,1-4H3. The molecule has 0 radical (unpaired) electrons. The first-order valence-electron chi connectivity index (χ1n) is 5.69. The van der Waals surface area contributed by atoms with Gasteiger partial charge in [0.1, 0.15) is 0 Å². The minimum absolute atomic E-state index is 0.00389. The zero-order valence-electron chi connectivity index (χ0n) is 10.6. The Morgan fingerprint density at radius 2 is 1.94 bits per heavy atom. The molecule has 0 aromatic rings. The van der Waals surface area contributed by atoms with Crippen LogP contribution in [-0.4, -0.2) is 66.9 Å². The van der Waals surface area contributed by atoms with E-state index in [4.69, 9.17) is 0 Å². The summed E-state index contributed by atoms with van der Waals surface area (Å²) in [4.78, 5) is 28.3. The van der Waals surface area contributed by atoms with Gasteiger partial charge in [-0.3, -0.25) is 4.79 Å². The molecule has 1 rings (SSSR count). The van der Waals surface area contributed by atoms with E-state index in [9.17, 15) is 9.59 Å². The summed E-state index contributed by atoms with van der Waals surface area (Å²) in [5.74, 6) is 0.174. The number of likely N-dealkylation sites (N-methyl/N-ethyl adjacent to an activating group) is 1. The second-order valence-corrected chi connectivity index (χ2v) is 4.42. The van der Waals surface area contributed by atoms with Crippen LogP contribution in [0.15, 0.2) is 0 Å². The Kier molecular flexibility index (Phi) is 4.15. The van der Waals surface area contributed by atoms with Gasteiger partial charge in [0.25, 0.3) is 0 Å². The van der Waals surface area contributed by atoms with Crippen molar-refractivity contribution in [3.05, 3.63) is 0 Å². The molecule has 0 aromatic heterocycles. The molecule has 0 aliphatic carbocycles. The fourth-order valence-corrected chi connectivity index (χ4v) is 1.98. The summed E-state index contributed by atoms with van der Waals surface area (Å²) in [6.45, 7) is 3.30. The molecule has 1 aliphatic heterocycles. The number of carbonyl (C=O) groups is 2. The zero-order valence-corrected chi connectivity index (χ0v) is 10.6. The molecule has 0 bridgehead atoms. The lowest BCUT2D eigenvalue weighted by atomic mass is 10.2. The summed E-state index contributed by atoms with van der Waals surface area (Å²) in [5, 5.41) is 0. The highest BCUT2D eigenvalue weighted by molar-refractivity contribution is 5.77. The second-order valence-electron chi connectivity index (χ2n) is 4.42. The molecular formula is C11H21N3O2. The first-order chi connectivity index (χ1) is 7.47. The first-order valence-corrected chi connectivity index (χ1v) is 5.69. The Labute approximate surface area is 97.0 Å². The van der Waals surface area contributed by atoms with Gasteiger partial charge >= 0.3 is 6.03 Å². The average Bonchev–Trinajstić information content (AvgIpc) is 2.75. The first kappa shape index (κ1) is 12.8. The average molecular weight is 227 g/mol. The second kappa shape index (κ2) is 5.18. The number of nitrogens with zero attached hydrogens (tertiary/aromatic N) is 3. The molecular weight excluding hydrogens is 206 g/mol. The van der Waals surface area contributed by atoms with E-state index in [1.54, 1.807) is 30.9 Å². The number of hydrogen-bond donors (Lipinski definition) is 0. The van der Waals surface area contributed by atoms with Gasteiger partial charge in [0.15, 0.2) is 0 Å². The van der Waals surface area contributed by atoms with Crippen molar-refractivity contribution in [1.29, 1.82) is 0 Å². The number of urea groups is 1. The van der Waals surface area contributed by atoms with Gasteiger partial charge in [-0.15, -0.1) is 0 Å². The van der Waals surface area contributed by atoms with Crippen molar-refractivity contribution in [2.24, 2.45) is 0 Å². The largest absolute Gasteiger partial charge is 0.341 e. The van der Waals surface area contributed by atoms with Crippen LogP contribution in [0, 0.1) is 0 Å². The Hall–Kier alpha value is -1.26. The monoisotopic (exact) mass is 227 g/mol. The van der Waals surface area contributed by atoms with Gasteiger partial charge in [0, 0.05) is 40.7 Å². The van der Waals surface area contributed by atoms with E-state index < -0.39 is 0 Å². The topological polar surface area (TPSA) is 43.9 Å². The maximum absolute atomic E-state index is 11.7.